The second-order valence-electron chi connectivity index (χ2n) is 5.26. The highest BCUT2D eigenvalue weighted by atomic mass is 16.5. The van der Waals surface area contributed by atoms with E-state index in [2.05, 4.69) is 5.32 Å². The molecule has 5 nitrogen and oxygen atoms in total. The number of hydrogen-bond donors (Lipinski definition) is 3. The van der Waals surface area contributed by atoms with E-state index in [9.17, 15) is 5.11 Å². The smallest absolute Gasteiger partial charge is 0.150 e. The van der Waals surface area contributed by atoms with Gasteiger partial charge >= 0.3 is 0 Å². The summed E-state index contributed by atoms with van der Waals surface area (Å²) in [7, 11) is 3.21. The zero-order valence-electron chi connectivity index (χ0n) is 12.2. The highest BCUT2D eigenvalue weighted by molar-refractivity contribution is 5.65. The average Bonchev–Trinajstić information content (AvgIpc) is 2.47. The third-order valence-corrected chi connectivity index (χ3v) is 3.94. The average molecular weight is 280 g/mol. The molecule has 112 valence electrons. The first-order chi connectivity index (χ1) is 9.65. The molecule has 1 saturated carbocycles. The number of methoxy groups -OCH3 is 2. The molecule has 0 heterocycles. The Bertz CT molecular complexity index is 443. The number of aliphatic hydroxyl groups excluding tert-OH is 1. The number of nitrogens with one attached hydrogen (secondary N) is 1. The zero-order chi connectivity index (χ0) is 14.5. The van der Waals surface area contributed by atoms with E-state index in [1.165, 1.54) is 0 Å². The van der Waals surface area contributed by atoms with Gasteiger partial charge in [0.05, 0.1) is 20.3 Å². The Morgan fingerprint density at radius 2 is 1.90 bits per heavy atom. The van der Waals surface area contributed by atoms with Crippen molar-refractivity contribution >= 4 is 5.69 Å². The first kappa shape index (κ1) is 14.9. The molecule has 1 aliphatic rings. The molecule has 0 aliphatic heterocycles. The molecule has 0 radical (unpaired) electrons. The minimum absolute atomic E-state index is 0.126. The van der Waals surface area contributed by atoms with Crippen molar-refractivity contribution < 1.29 is 14.6 Å². The number of nitrogen functional groups attached to an aromatic ring is 1. The third kappa shape index (κ3) is 3.35. The molecule has 0 saturated heterocycles. The lowest BCUT2D eigenvalue weighted by atomic mass is 9.93. The van der Waals surface area contributed by atoms with Gasteiger partial charge in [-0.2, -0.15) is 0 Å². The number of benzene rings is 1. The summed E-state index contributed by atoms with van der Waals surface area (Å²) in [5.74, 6) is 1.30. The van der Waals surface area contributed by atoms with E-state index < -0.39 is 0 Å². The summed E-state index contributed by atoms with van der Waals surface area (Å²) in [4.78, 5) is 0. The summed E-state index contributed by atoms with van der Waals surface area (Å²) in [5, 5.41) is 13.0. The van der Waals surface area contributed by atoms with Crippen LogP contribution in [0.15, 0.2) is 12.1 Å². The Morgan fingerprint density at radius 1 is 1.20 bits per heavy atom. The Labute approximate surface area is 120 Å². The van der Waals surface area contributed by atoms with Crippen LogP contribution in [0.25, 0.3) is 0 Å². The standard InChI is InChI=1S/C15H24N2O3/c1-19-13-8-3-10(15(20-2)14(13)16)9-17-11-4-6-12(18)7-5-11/h3,8,11-12,17-18H,4-7,9,16H2,1-2H3. The molecule has 2 rings (SSSR count). The van der Waals surface area contributed by atoms with Gasteiger partial charge in [0, 0.05) is 18.2 Å². The second-order valence-corrected chi connectivity index (χ2v) is 5.26. The summed E-state index contributed by atoms with van der Waals surface area (Å²) < 4.78 is 10.6. The molecule has 0 unspecified atom stereocenters. The van der Waals surface area contributed by atoms with E-state index in [1.54, 1.807) is 14.2 Å². The zero-order valence-corrected chi connectivity index (χ0v) is 12.2. The van der Waals surface area contributed by atoms with Gasteiger partial charge in [0.15, 0.2) is 0 Å². The van der Waals surface area contributed by atoms with Crippen LogP contribution in [0.5, 0.6) is 11.5 Å². The number of ether oxygens (including phenoxy) is 2. The van der Waals surface area contributed by atoms with Crippen LogP contribution in [0.1, 0.15) is 31.2 Å². The summed E-state index contributed by atoms with van der Waals surface area (Å²) >= 11 is 0. The minimum atomic E-state index is -0.126. The topological polar surface area (TPSA) is 76.7 Å². The van der Waals surface area contributed by atoms with Crippen LogP contribution in [0.4, 0.5) is 5.69 Å². The molecule has 4 N–H and O–H groups in total. The van der Waals surface area contributed by atoms with Crippen molar-refractivity contribution in [1.82, 2.24) is 5.32 Å². The van der Waals surface area contributed by atoms with Crippen LogP contribution in [-0.4, -0.2) is 31.5 Å². The first-order valence-electron chi connectivity index (χ1n) is 7.06. The van der Waals surface area contributed by atoms with Crippen LogP contribution >= 0.6 is 0 Å². The van der Waals surface area contributed by atoms with Crippen LogP contribution in [0.3, 0.4) is 0 Å². The van der Waals surface area contributed by atoms with Gasteiger partial charge in [-0.25, -0.2) is 0 Å². The monoisotopic (exact) mass is 280 g/mol. The van der Waals surface area contributed by atoms with Crippen LogP contribution in [0, 0.1) is 0 Å². The Morgan fingerprint density at radius 3 is 2.50 bits per heavy atom. The van der Waals surface area contributed by atoms with Crippen molar-refractivity contribution in [2.24, 2.45) is 0 Å². The fourth-order valence-corrected chi connectivity index (χ4v) is 2.72. The molecule has 0 spiro atoms. The third-order valence-electron chi connectivity index (χ3n) is 3.94. The maximum absolute atomic E-state index is 9.51. The van der Waals surface area contributed by atoms with E-state index in [4.69, 9.17) is 15.2 Å². The van der Waals surface area contributed by atoms with Gasteiger partial charge in [-0.3, -0.25) is 0 Å². The molecule has 0 aromatic heterocycles. The van der Waals surface area contributed by atoms with Crippen molar-refractivity contribution in [3.05, 3.63) is 17.7 Å². The fourth-order valence-electron chi connectivity index (χ4n) is 2.72. The summed E-state index contributed by atoms with van der Waals surface area (Å²) in [5.41, 5.74) is 7.58. The van der Waals surface area contributed by atoms with Gasteiger partial charge in [-0.1, -0.05) is 6.07 Å². The van der Waals surface area contributed by atoms with Gasteiger partial charge in [-0.15, -0.1) is 0 Å². The van der Waals surface area contributed by atoms with Crippen molar-refractivity contribution in [2.45, 2.75) is 44.4 Å². The quantitative estimate of drug-likeness (QED) is 0.715. The maximum atomic E-state index is 9.51. The number of aliphatic hydroxyl groups is 1. The lowest BCUT2D eigenvalue weighted by Gasteiger charge is -2.26. The minimum Gasteiger partial charge on any atom is -0.494 e. The molecule has 1 fully saturated rings. The first-order valence-corrected chi connectivity index (χ1v) is 7.06. The Hall–Kier alpha value is -1.46. The summed E-state index contributed by atoms with van der Waals surface area (Å²) in [6.45, 7) is 0.706. The van der Waals surface area contributed by atoms with E-state index in [1.807, 2.05) is 12.1 Å². The number of anilines is 1. The highest BCUT2D eigenvalue weighted by Gasteiger charge is 2.19. The van der Waals surface area contributed by atoms with E-state index in [0.717, 1.165) is 31.2 Å². The second kappa shape index (κ2) is 6.81. The molecule has 0 amide bonds. The van der Waals surface area contributed by atoms with E-state index in [0.29, 0.717) is 29.8 Å². The van der Waals surface area contributed by atoms with Crippen LogP contribution < -0.4 is 20.5 Å². The van der Waals surface area contributed by atoms with Crippen molar-refractivity contribution in [1.29, 1.82) is 0 Å². The Kier molecular flexibility index (Phi) is 5.09. The summed E-state index contributed by atoms with van der Waals surface area (Å²) in [6, 6.07) is 4.28. The van der Waals surface area contributed by atoms with Crippen LogP contribution in [0.2, 0.25) is 0 Å². The number of hydrogen-bond acceptors (Lipinski definition) is 5. The summed E-state index contributed by atoms with van der Waals surface area (Å²) in [6.07, 6.45) is 3.64. The molecule has 0 bridgehead atoms. The van der Waals surface area contributed by atoms with Crippen molar-refractivity contribution in [3.8, 4) is 11.5 Å². The van der Waals surface area contributed by atoms with Gasteiger partial charge < -0.3 is 25.6 Å². The van der Waals surface area contributed by atoms with E-state index >= 15 is 0 Å². The van der Waals surface area contributed by atoms with Gasteiger partial charge in [0.25, 0.3) is 0 Å². The lowest BCUT2D eigenvalue weighted by molar-refractivity contribution is 0.116. The largest absolute Gasteiger partial charge is 0.494 e. The van der Waals surface area contributed by atoms with Crippen LogP contribution in [-0.2, 0) is 6.54 Å². The lowest BCUT2D eigenvalue weighted by Crippen LogP contribution is -2.34. The predicted molar refractivity (Wildman–Crippen MR) is 79.1 cm³/mol. The molecular weight excluding hydrogens is 256 g/mol. The molecular formula is C15H24N2O3. The maximum Gasteiger partial charge on any atom is 0.150 e. The van der Waals surface area contributed by atoms with Gasteiger partial charge in [0.2, 0.25) is 0 Å². The molecule has 1 aliphatic carbocycles. The molecule has 1 aromatic carbocycles. The Balaban J connectivity index is 2.00. The SMILES string of the molecule is COc1ccc(CNC2CCC(O)CC2)c(OC)c1N. The normalized spacial score (nSPS) is 22.6. The molecule has 0 atom stereocenters. The predicted octanol–water partition coefficient (Wildman–Crippen LogP) is 1.68. The molecule has 20 heavy (non-hydrogen) atoms. The molecule has 5 heteroatoms. The van der Waals surface area contributed by atoms with Crippen molar-refractivity contribution in [3.63, 3.8) is 0 Å². The highest BCUT2D eigenvalue weighted by Crippen LogP contribution is 2.34. The number of rotatable bonds is 5. The van der Waals surface area contributed by atoms with E-state index in [-0.39, 0.29) is 6.10 Å². The van der Waals surface area contributed by atoms with Crippen molar-refractivity contribution in [2.75, 3.05) is 20.0 Å². The fraction of sp³-hybridized carbons (Fsp3) is 0.600. The van der Waals surface area contributed by atoms with Gasteiger partial charge in [-0.05, 0) is 31.7 Å². The number of nitrogens with two attached hydrogens (primary N) is 1. The molecule has 1 aromatic rings. The van der Waals surface area contributed by atoms with Gasteiger partial charge in [0.1, 0.15) is 17.2 Å².